The summed E-state index contributed by atoms with van der Waals surface area (Å²) in [6.07, 6.45) is 8.34. The molecule has 0 amide bonds. The average Bonchev–Trinajstić information content (AvgIpc) is 3.11. The van der Waals surface area contributed by atoms with E-state index in [0.717, 1.165) is 12.0 Å². The summed E-state index contributed by atoms with van der Waals surface area (Å²) in [6.45, 7) is 3.55. The summed E-state index contributed by atoms with van der Waals surface area (Å²) in [5.41, 5.74) is 0. The maximum absolute atomic E-state index is 3.90. The second-order valence-electron chi connectivity index (χ2n) is 6.16. The van der Waals surface area contributed by atoms with Gasteiger partial charge >= 0.3 is 0 Å². The molecule has 2 N–H and O–H groups in total. The monoisotopic (exact) mass is 278 g/mol. The molecular formula is C16H26N2S. The maximum atomic E-state index is 3.90. The van der Waals surface area contributed by atoms with Gasteiger partial charge in [-0.15, -0.1) is 11.3 Å². The molecule has 3 unspecified atom stereocenters. The van der Waals surface area contributed by atoms with Gasteiger partial charge in [-0.3, -0.25) is 0 Å². The van der Waals surface area contributed by atoms with E-state index in [1.807, 2.05) is 11.3 Å². The molecule has 0 spiro atoms. The Morgan fingerprint density at radius 2 is 2.21 bits per heavy atom. The lowest BCUT2D eigenvalue weighted by molar-refractivity contribution is 0.249. The average molecular weight is 278 g/mol. The Bertz CT molecular complexity index is 370. The molecule has 0 bridgehead atoms. The van der Waals surface area contributed by atoms with E-state index in [1.54, 1.807) is 0 Å². The standard InChI is InChI=1S/C16H26N2S/c1-12(16-9-5-11-19-16)18-15-8-4-6-13(15)14-7-2-3-10-17-14/h5,9,11-15,17-18H,2-4,6-8,10H2,1H3/t12-,13?,14?,15?/m1/s1. The molecule has 2 fully saturated rings. The third kappa shape index (κ3) is 3.21. The van der Waals surface area contributed by atoms with Crippen LogP contribution in [-0.2, 0) is 0 Å². The first-order valence-electron chi connectivity index (χ1n) is 7.87. The molecule has 3 heteroatoms. The van der Waals surface area contributed by atoms with E-state index in [2.05, 4.69) is 35.1 Å². The van der Waals surface area contributed by atoms with E-state index in [9.17, 15) is 0 Å². The highest BCUT2D eigenvalue weighted by molar-refractivity contribution is 7.10. The van der Waals surface area contributed by atoms with Gasteiger partial charge in [-0.1, -0.05) is 18.9 Å². The van der Waals surface area contributed by atoms with Crippen LogP contribution in [0.15, 0.2) is 17.5 Å². The summed E-state index contributed by atoms with van der Waals surface area (Å²) in [5, 5.41) is 9.84. The minimum Gasteiger partial charge on any atom is -0.314 e. The molecule has 106 valence electrons. The van der Waals surface area contributed by atoms with Crippen LogP contribution in [0.3, 0.4) is 0 Å². The smallest absolute Gasteiger partial charge is 0.0388 e. The van der Waals surface area contributed by atoms with Gasteiger partial charge in [-0.2, -0.15) is 0 Å². The molecule has 1 saturated carbocycles. The Labute approximate surface area is 121 Å². The summed E-state index contributed by atoms with van der Waals surface area (Å²) >= 11 is 1.87. The maximum Gasteiger partial charge on any atom is 0.0388 e. The van der Waals surface area contributed by atoms with Crippen molar-refractivity contribution in [3.05, 3.63) is 22.4 Å². The van der Waals surface area contributed by atoms with Crippen LogP contribution in [0.25, 0.3) is 0 Å². The summed E-state index contributed by atoms with van der Waals surface area (Å²) in [5.74, 6) is 0.850. The van der Waals surface area contributed by atoms with Crippen molar-refractivity contribution in [2.75, 3.05) is 6.54 Å². The minimum atomic E-state index is 0.509. The summed E-state index contributed by atoms with van der Waals surface area (Å²) in [7, 11) is 0. The van der Waals surface area contributed by atoms with Gasteiger partial charge in [0.15, 0.2) is 0 Å². The lowest BCUT2D eigenvalue weighted by Crippen LogP contribution is -2.47. The normalized spacial score (nSPS) is 33.4. The number of thiophene rings is 1. The van der Waals surface area contributed by atoms with Crippen molar-refractivity contribution in [1.82, 2.24) is 10.6 Å². The Kier molecular flexibility index (Phi) is 4.57. The summed E-state index contributed by atoms with van der Waals surface area (Å²) < 4.78 is 0. The number of nitrogens with one attached hydrogen (secondary N) is 2. The predicted molar refractivity (Wildman–Crippen MR) is 82.6 cm³/mol. The topological polar surface area (TPSA) is 24.1 Å². The van der Waals surface area contributed by atoms with E-state index in [-0.39, 0.29) is 0 Å². The number of hydrogen-bond acceptors (Lipinski definition) is 3. The van der Waals surface area contributed by atoms with Crippen LogP contribution in [0, 0.1) is 5.92 Å². The van der Waals surface area contributed by atoms with Crippen molar-refractivity contribution in [1.29, 1.82) is 0 Å². The highest BCUT2D eigenvalue weighted by Crippen LogP contribution is 2.33. The van der Waals surface area contributed by atoms with Gasteiger partial charge in [0.05, 0.1) is 0 Å². The number of hydrogen-bond donors (Lipinski definition) is 2. The third-order valence-electron chi connectivity index (χ3n) is 4.87. The fourth-order valence-corrected chi connectivity index (χ4v) is 4.61. The lowest BCUT2D eigenvalue weighted by atomic mass is 9.88. The largest absolute Gasteiger partial charge is 0.314 e. The zero-order valence-electron chi connectivity index (χ0n) is 11.9. The Hall–Kier alpha value is -0.380. The molecule has 0 aromatic carbocycles. The second kappa shape index (κ2) is 6.38. The second-order valence-corrected chi connectivity index (χ2v) is 7.14. The van der Waals surface area contributed by atoms with Crippen molar-refractivity contribution >= 4 is 11.3 Å². The van der Waals surface area contributed by atoms with Gasteiger partial charge < -0.3 is 10.6 Å². The molecular weight excluding hydrogens is 252 g/mol. The zero-order valence-corrected chi connectivity index (χ0v) is 12.7. The van der Waals surface area contributed by atoms with Gasteiger partial charge in [-0.05, 0) is 56.5 Å². The van der Waals surface area contributed by atoms with Crippen LogP contribution in [0.2, 0.25) is 0 Å². The van der Waals surface area contributed by atoms with E-state index in [1.165, 1.54) is 49.9 Å². The van der Waals surface area contributed by atoms with Crippen molar-refractivity contribution in [2.24, 2.45) is 5.92 Å². The van der Waals surface area contributed by atoms with Crippen molar-refractivity contribution < 1.29 is 0 Å². The van der Waals surface area contributed by atoms with E-state index >= 15 is 0 Å². The van der Waals surface area contributed by atoms with Gasteiger partial charge in [0, 0.05) is 23.0 Å². The first kappa shape index (κ1) is 13.6. The molecule has 1 saturated heterocycles. The van der Waals surface area contributed by atoms with Crippen LogP contribution < -0.4 is 10.6 Å². The molecule has 19 heavy (non-hydrogen) atoms. The van der Waals surface area contributed by atoms with Crippen LogP contribution in [0.1, 0.15) is 56.4 Å². The highest BCUT2D eigenvalue weighted by atomic mass is 32.1. The summed E-state index contributed by atoms with van der Waals surface area (Å²) in [6, 6.07) is 6.41. The molecule has 2 nitrogen and oxygen atoms in total. The molecule has 1 aromatic rings. The van der Waals surface area contributed by atoms with Crippen molar-refractivity contribution in [3.8, 4) is 0 Å². The molecule has 1 aromatic heterocycles. The van der Waals surface area contributed by atoms with E-state index in [4.69, 9.17) is 0 Å². The van der Waals surface area contributed by atoms with Crippen LogP contribution in [0.4, 0.5) is 0 Å². The third-order valence-corrected chi connectivity index (χ3v) is 5.92. The predicted octanol–water partition coefficient (Wildman–Crippen LogP) is 3.71. The van der Waals surface area contributed by atoms with Crippen LogP contribution >= 0.6 is 11.3 Å². The number of rotatable bonds is 4. The Morgan fingerprint density at radius 3 is 2.95 bits per heavy atom. The van der Waals surface area contributed by atoms with Crippen LogP contribution in [-0.4, -0.2) is 18.6 Å². The Balaban J connectivity index is 1.59. The first-order chi connectivity index (χ1) is 9.34. The first-order valence-corrected chi connectivity index (χ1v) is 8.75. The molecule has 0 radical (unpaired) electrons. The Morgan fingerprint density at radius 1 is 1.26 bits per heavy atom. The quantitative estimate of drug-likeness (QED) is 0.877. The fourth-order valence-electron chi connectivity index (χ4n) is 3.86. The molecule has 4 atom stereocenters. The molecule has 2 aliphatic rings. The molecule has 3 rings (SSSR count). The van der Waals surface area contributed by atoms with Gasteiger partial charge in [0.25, 0.3) is 0 Å². The molecule has 1 aliphatic heterocycles. The van der Waals surface area contributed by atoms with E-state index in [0.29, 0.717) is 12.1 Å². The fraction of sp³-hybridized carbons (Fsp3) is 0.750. The van der Waals surface area contributed by atoms with Crippen molar-refractivity contribution in [2.45, 2.75) is 63.6 Å². The zero-order chi connectivity index (χ0) is 13.1. The van der Waals surface area contributed by atoms with Crippen molar-refractivity contribution in [3.63, 3.8) is 0 Å². The highest BCUT2D eigenvalue weighted by Gasteiger charge is 2.34. The van der Waals surface area contributed by atoms with Crippen LogP contribution in [0.5, 0.6) is 0 Å². The minimum absolute atomic E-state index is 0.509. The number of piperidine rings is 1. The SMILES string of the molecule is C[C@@H](NC1CCCC1C1CCCCN1)c1cccs1. The summed E-state index contributed by atoms with van der Waals surface area (Å²) in [4.78, 5) is 1.47. The molecule has 2 heterocycles. The van der Waals surface area contributed by atoms with E-state index < -0.39 is 0 Å². The van der Waals surface area contributed by atoms with Gasteiger partial charge in [0.1, 0.15) is 0 Å². The molecule has 1 aliphatic carbocycles. The lowest BCUT2D eigenvalue weighted by Gasteiger charge is -2.34. The van der Waals surface area contributed by atoms with Gasteiger partial charge in [-0.25, -0.2) is 0 Å². The van der Waals surface area contributed by atoms with Gasteiger partial charge in [0.2, 0.25) is 0 Å².